The minimum atomic E-state index is -0.448. The highest BCUT2D eigenvalue weighted by Gasteiger charge is 2.50. The van der Waals surface area contributed by atoms with Gasteiger partial charge in [0.1, 0.15) is 17.3 Å². The Balaban J connectivity index is 1.05. The second kappa shape index (κ2) is 10.1. The maximum absolute atomic E-state index is 13.6. The van der Waals surface area contributed by atoms with E-state index < -0.39 is 5.41 Å². The first-order valence-corrected chi connectivity index (χ1v) is 14.0. The average Bonchev–Trinajstić information content (AvgIpc) is 3.52. The minimum Gasteiger partial charge on any atom is -0.461 e. The van der Waals surface area contributed by atoms with Crippen LogP contribution in [0.5, 0.6) is 0 Å². The first-order chi connectivity index (χ1) is 17.6. The summed E-state index contributed by atoms with van der Waals surface area (Å²) in [5, 5.41) is 6.14. The summed E-state index contributed by atoms with van der Waals surface area (Å²) in [5.74, 6) is 1.74. The second-order valence-electron chi connectivity index (χ2n) is 10.6. The predicted octanol–water partition coefficient (Wildman–Crippen LogP) is 5.98. The van der Waals surface area contributed by atoms with E-state index in [0.29, 0.717) is 30.1 Å². The van der Waals surface area contributed by atoms with Crippen molar-refractivity contribution in [3.8, 4) is 11.4 Å². The molecule has 1 aliphatic heterocycles. The van der Waals surface area contributed by atoms with Crippen LogP contribution < -0.4 is 0 Å². The molecule has 0 bridgehead atoms. The molecule has 3 fully saturated rings. The molecule has 0 spiro atoms. The maximum Gasteiger partial charge on any atom is 0.317 e. The van der Waals surface area contributed by atoms with Gasteiger partial charge in [0.25, 0.3) is 0 Å². The molecule has 1 aromatic carbocycles. The van der Waals surface area contributed by atoms with Crippen LogP contribution in [0.15, 0.2) is 46.3 Å². The van der Waals surface area contributed by atoms with Gasteiger partial charge in [-0.05, 0) is 73.9 Å². The number of nitrogens with zero attached hydrogens (tertiary/aromatic N) is 3. The fraction of sp³-hybridized carbons (Fsp3) is 0.536. The van der Waals surface area contributed by atoms with Crippen molar-refractivity contribution in [1.82, 2.24) is 15.0 Å². The standard InChI is InChI=1S/C28H32FN3O3S/c29-21-9-7-19(8-10-21)26-30-25(35-31-26)18-32-14-11-22-20(17-32)16-23(22)34-27(33)28(24-6-5-15-36-24)12-3-1-2-4-13-28/h5-10,15,20,22-23H,1-4,11-14,16-18H2/t20?,22?,23-/m0/s1. The highest BCUT2D eigenvalue weighted by molar-refractivity contribution is 7.10. The molecular formula is C28H32FN3O3S. The zero-order chi connectivity index (χ0) is 24.5. The number of aromatic nitrogens is 2. The van der Waals surface area contributed by atoms with Gasteiger partial charge < -0.3 is 9.26 Å². The van der Waals surface area contributed by atoms with E-state index in [0.717, 1.165) is 57.2 Å². The fourth-order valence-electron chi connectivity index (χ4n) is 6.33. The van der Waals surface area contributed by atoms with Gasteiger partial charge in [0.05, 0.1) is 6.54 Å². The van der Waals surface area contributed by atoms with Gasteiger partial charge in [-0.15, -0.1) is 11.3 Å². The molecule has 190 valence electrons. The zero-order valence-electron chi connectivity index (χ0n) is 20.4. The van der Waals surface area contributed by atoms with Crippen LogP contribution in [-0.4, -0.2) is 40.2 Å². The minimum absolute atomic E-state index is 0.0110. The van der Waals surface area contributed by atoms with Crippen LogP contribution in [0.4, 0.5) is 4.39 Å². The van der Waals surface area contributed by atoms with Gasteiger partial charge in [-0.2, -0.15) is 4.98 Å². The van der Waals surface area contributed by atoms with E-state index in [1.165, 1.54) is 29.9 Å². The number of piperidine rings is 1. The number of carbonyl (C=O) groups excluding carboxylic acids is 1. The molecule has 3 aliphatic rings. The van der Waals surface area contributed by atoms with Gasteiger partial charge in [-0.25, -0.2) is 4.39 Å². The van der Waals surface area contributed by atoms with Crippen molar-refractivity contribution in [3.05, 3.63) is 58.4 Å². The van der Waals surface area contributed by atoms with E-state index in [2.05, 4.69) is 32.6 Å². The molecule has 0 radical (unpaired) electrons. The normalized spacial score (nSPS) is 26.0. The molecule has 6 rings (SSSR count). The Morgan fingerprint density at radius 3 is 2.69 bits per heavy atom. The molecule has 0 N–H and O–H groups in total. The van der Waals surface area contributed by atoms with Crippen molar-refractivity contribution in [1.29, 1.82) is 0 Å². The molecule has 6 nitrogen and oxygen atoms in total. The number of ether oxygens (including phenoxy) is 1. The Kier molecular flexibility index (Phi) is 6.65. The van der Waals surface area contributed by atoms with Gasteiger partial charge in [0.2, 0.25) is 11.7 Å². The lowest BCUT2D eigenvalue weighted by molar-refractivity contribution is -0.176. The first kappa shape index (κ1) is 23.8. The fourth-order valence-corrected chi connectivity index (χ4v) is 7.31. The zero-order valence-corrected chi connectivity index (χ0v) is 21.2. The van der Waals surface area contributed by atoms with Crippen LogP contribution in [0.25, 0.3) is 11.4 Å². The molecule has 3 atom stereocenters. The van der Waals surface area contributed by atoms with E-state index in [9.17, 15) is 9.18 Å². The van der Waals surface area contributed by atoms with Gasteiger partial charge in [-0.3, -0.25) is 9.69 Å². The Labute approximate surface area is 214 Å². The summed E-state index contributed by atoms with van der Waals surface area (Å²) in [7, 11) is 0. The largest absolute Gasteiger partial charge is 0.461 e. The predicted molar refractivity (Wildman–Crippen MR) is 135 cm³/mol. The highest BCUT2D eigenvalue weighted by atomic mass is 32.1. The summed E-state index contributed by atoms with van der Waals surface area (Å²) in [5.41, 5.74) is 0.291. The third-order valence-electron chi connectivity index (χ3n) is 8.42. The van der Waals surface area contributed by atoms with Crippen LogP contribution in [0.3, 0.4) is 0 Å². The van der Waals surface area contributed by atoms with E-state index in [4.69, 9.17) is 9.26 Å². The summed E-state index contributed by atoms with van der Waals surface area (Å²) in [6.45, 7) is 2.46. The van der Waals surface area contributed by atoms with Gasteiger partial charge in [-0.1, -0.05) is 36.9 Å². The molecule has 3 heterocycles. The van der Waals surface area contributed by atoms with Crippen molar-refractivity contribution < 1.29 is 18.4 Å². The number of hydrogen-bond donors (Lipinski definition) is 0. The van der Waals surface area contributed by atoms with Crippen LogP contribution >= 0.6 is 11.3 Å². The molecule has 2 aliphatic carbocycles. The SMILES string of the molecule is O=C(O[C@H]1CC2CN(Cc3nc(-c4ccc(F)cc4)no3)CCC21)C1(c2cccs2)CCCCCC1. The molecule has 36 heavy (non-hydrogen) atoms. The number of thiophene rings is 1. The van der Waals surface area contributed by atoms with E-state index >= 15 is 0 Å². The number of carbonyl (C=O) groups is 1. The molecule has 2 saturated carbocycles. The molecule has 2 aromatic heterocycles. The number of esters is 1. The van der Waals surface area contributed by atoms with Crippen LogP contribution in [-0.2, 0) is 21.5 Å². The Bertz CT molecular complexity index is 1170. The van der Waals surface area contributed by atoms with Gasteiger partial charge in [0, 0.05) is 22.9 Å². The number of hydrogen-bond acceptors (Lipinski definition) is 7. The maximum atomic E-state index is 13.6. The number of rotatable bonds is 6. The average molecular weight is 510 g/mol. The third-order valence-corrected chi connectivity index (χ3v) is 9.49. The monoisotopic (exact) mass is 509 g/mol. The van der Waals surface area contributed by atoms with Gasteiger partial charge >= 0.3 is 5.97 Å². The summed E-state index contributed by atoms with van der Waals surface area (Å²) in [6, 6.07) is 10.3. The lowest BCUT2D eigenvalue weighted by atomic mass is 9.67. The molecule has 8 heteroatoms. The molecular weight excluding hydrogens is 477 g/mol. The Morgan fingerprint density at radius 2 is 1.97 bits per heavy atom. The number of benzene rings is 1. The van der Waals surface area contributed by atoms with E-state index in [-0.39, 0.29) is 17.9 Å². The van der Waals surface area contributed by atoms with Crippen molar-refractivity contribution in [2.75, 3.05) is 13.1 Å². The second-order valence-corrected chi connectivity index (χ2v) is 11.6. The number of halogens is 1. The first-order valence-electron chi connectivity index (χ1n) is 13.2. The molecule has 0 amide bonds. The van der Waals surface area contributed by atoms with Crippen molar-refractivity contribution in [2.24, 2.45) is 11.8 Å². The highest BCUT2D eigenvalue weighted by Crippen LogP contribution is 2.46. The van der Waals surface area contributed by atoms with Crippen molar-refractivity contribution in [3.63, 3.8) is 0 Å². The Morgan fingerprint density at radius 1 is 1.17 bits per heavy atom. The summed E-state index contributed by atoms with van der Waals surface area (Å²) >= 11 is 1.70. The summed E-state index contributed by atoms with van der Waals surface area (Å²) in [4.78, 5) is 21.6. The topological polar surface area (TPSA) is 68.5 Å². The van der Waals surface area contributed by atoms with Crippen LogP contribution in [0, 0.1) is 17.7 Å². The van der Waals surface area contributed by atoms with E-state index in [1.54, 1.807) is 23.5 Å². The molecule has 3 aromatic rings. The smallest absolute Gasteiger partial charge is 0.317 e. The quantitative estimate of drug-likeness (QED) is 0.301. The lowest BCUT2D eigenvalue weighted by Gasteiger charge is -2.50. The van der Waals surface area contributed by atoms with Crippen LogP contribution in [0.1, 0.15) is 62.1 Å². The summed E-state index contributed by atoms with van der Waals surface area (Å²) in [6.07, 6.45) is 8.39. The van der Waals surface area contributed by atoms with Gasteiger partial charge in [0.15, 0.2) is 0 Å². The Hall–Kier alpha value is -2.58. The van der Waals surface area contributed by atoms with Crippen molar-refractivity contribution >= 4 is 17.3 Å². The van der Waals surface area contributed by atoms with Crippen LogP contribution in [0.2, 0.25) is 0 Å². The van der Waals surface area contributed by atoms with E-state index in [1.807, 2.05) is 0 Å². The molecule has 2 unspecified atom stereocenters. The van der Waals surface area contributed by atoms with Crippen molar-refractivity contribution in [2.45, 2.75) is 69.4 Å². The third kappa shape index (κ3) is 4.61. The summed E-state index contributed by atoms with van der Waals surface area (Å²) < 4.78 is 24.9. The molecule has 1 saturated heterocycles. The number of likely N-dealkylation sites (tertiary alicyclic amines) is 1. The lowest BCUT2D eigenvalue weighted by Crippen LogP contribution is -2.55. The number of fused-ring (bicyclic) bond motifs is 1.